The van der Waals surface area contributed by atoms with Gasteiger partial charge in [0, 0.05) is 24.7 Å². The third-order valence-electron chi connectivity index (χ3n) is 3.12. The number of alkyl halides is 3. The molecule has 0 spiro atoms. The van der Waals surface area contributed by atoms with E-state index in [2.05, 4.69) is 10.2 Å². The van der Waals surface area contributed by atoms with E-state index >= 15 is 0 Å². The highest BCUT2D eigenvalue weighted by atomic mass is 19.4. The minimum absolute atomic E-state index is 0.295. The van der Waals surface area contributed by atoms with Crippen LogP contribution < -0.4 is 5.32 Å². The van der Waals surface area contributed by atoms with Crippen molar-refractivity contribution in [2.45, 2.75) is 57.4 Å². The Bertz CT molecular complexity index is 214. The second kappa shape index (κ2) is 5.36. The Hall–Kier alpha value is -0.290. The molecule has 5 heteroatoms. The lowest BCUT2D eigenvalue weighted by molar-refractivity contribution is -0.139. The lowest BCUT2D eigenvalue weighted by Gasteiger charge is -2.26. The third kappa shape index (κ3) is 5.16. The summed E-state index contributed by atoms with van der Waals surface area (Å²) in [5.41, 5.74) is 0. The van der Waals surface area contributed by atoms with Crippen LogP contribution in [0.5, 0.6) is 0 Å². The molecule has 1 rings (SSSR count). The molecule has 0 amide bonds. The van der Waals surface area contributed by atoms with E-state index < -0.39 is 18.6 Å². The van der Waals surface area contributed by atoms with Crippen LogP contribution in [0.3, 0.4) is 0 Å². The van der Waals surface area contributed by atoms with Gasteiger partial charge in [0.2, 0.25) is 0 Å². The molecule has 1 N–H and O–H groups in total. The van der Waals surface area contributed by atoms with Crippen LogP contribution in [0.4, 0.5) is 13.2 Å². The van der Waals surface area contributed by atoms with Gasteiger partial charge in [0.25, 0.3) is 0 Å². The summed E-state index contributed by atoms with van der Waals surface area (Å²) in [6.45, 7) is 4.24. The molecule has 2 atom stereocenters. The van der Waals surface area contributed by atoms with Gasteiger partial charge in [-0.05, 0) is 33.7 Å². The van der Waals surface area contributed by atoms with Crippen LogP contribution in [-0.2, 0) is 0 Å². The largest absolute Gasteiger partial charge is 0.390 e. The van der Waals surface area contributed by atoms with E-state index in [1.54, 1.807) is 6.92 Å². The maximum atomic E-state index is 12.1. The topological polar surface area (TPSA) is 15.3 Å². The standard InChI is InChI=1S/C11H21F3N2/c1-8(6-11(12,13)14)15-7-9(2)16(3)10-4-5-10/h8-10,15H,4-7H2,1-3H3. The molecule has 0 radical (unpaired) electrons. The Balaban J connectivity index is 2.17. The van der Waals surface area contributed by atoms with E-state index in [1.807, 2.05) is 14.0 Å². The number of nitrogens with zero attached hydrogens (tertiary/aromatic N) is 1. The van der Waals surface area contributed by atoms with E-state index in [4.69, 9.17) is 0 Å². The van der Waals surface area contributed by atoms with Crippen molar-refractivity contribution in [1.82, 2.24) is 10.2 Å². The average Bonchev–Trinajstić information content (AvgIpc) is 2.93. The highest BCUT2D eigenvalue weighted by Crippen LogP contribution is 2.27. The first-order valence-electron chi connectivity index (χ1n) is 5.81. The van der Waals surface area contributed by atoms with E-state index in [-0.39, 0.29) is 0 Å². The van der Waals surface area contributed by atoms with Crippen molar-refractivity contribution in [3.8, 4) is 0 Å². The Morgan fingerprint density at radius 1 is 1.31 bits per heavy atom. The summed E-state index contributed by atoms with van der Waals surface area (Å²) < 4.78 is 36.2. The van der Waals surface area contributed by atoms with Crippen molar-refractivity contribution in [1.29, 1.82) is 0 Å². The van der Waals surface area contributed by atoms with Gasteiger partial charge in [-0.15, -0.1) is 0 Å². The molecule has 1 fully saturated rings. The molecule has 1 aliphatic carbocycles. The molecule has 2 unspecified atom stereocenters. The van der Waals surface area contributed by atoms with E-state index in [1.165, 1.54) is 12.8 Å². The minimum Gasteiger partial charge on any atom is -0.312 e. The summed E-state index contributed by atoms with van der Waals surface area (Å²) >= 11 is 0. The van der Waals surface area contributed by atoms with Gasteiger partial charge in [-0.3, -0.25) is 4.90 Å². The van der Waals surface area contributed by atoms with Crippen molar-refractivity contribution in [3.63, 3.8) is 0 Å². The average molecular weight is 238 g/mol. The first-order valence-corrected chi connectivity index (χ1v) is 5.81. The van der Waals surface area contributed by atoms with Gasteiger partial charge in [0.05, 0.1) is 6.42 Å². The predicted molar refractivity (Wildman–Crippen MR) is 58.4 cm³/mol. The maximum Gasteiger partial charge on any atom is 0.390 e. The Labute approximate surface area is 95.2 Å². The third-order valence-corrected chi connectivity index (χ3v) is 3.12. The molecule has 0 bridgehead atoms. The SMILES string of the molecule is CC(CC(F)(F)F)NCC(C)N(C)C1CC1. The van der Waals surface area contributed by atoms with E-state index in [9.17, 15) is 13.2 Å². The van der Waals surface area contributed by atoms with Gasteiger partial charge < -0.3 is 5.32 Å². The highest BCUT2D eigenvalue weighted by Gasteiger charge is 2.31. The number of rotatable bonds is 6. The highest BCUT2D eigenvalue weighted by molar-refractivity contribution is 4.86. The molecular formula is C11H21F3N2. The molecular weight excluding hydrogens is 217 g/mol. The molecule has 0 aromatic carbocycles. The summed E-state index contributed by atoms with van der Waals surface area (Å²) in [5, 5.41) is 2.94. The fourth-order valence-corrected chi connectivity index (χ4v) is 1.78. The molecule has 0 aromatic heterocycles. The van der Waals surface area contributed by atoms with Gasteiger partial charge in [-0.2, -0.15) is 13.2 Å². The number of hydrogen-bond donors (Lipinski definition) is 1. The zero-order valence-corrected chi connectivity index (χ0v) is 10.1. The van der Waals surface area contributed by atoms with Gasteiger partial charge in [0.15, 0.2) is 0 Å². The van der Waals surface area contributed by atoms with Crippen LogP contribution in [-0.4, -0.2) is 42.8 Å². The molecule has 96 valence electrons. The van der Waals surface area contributed by atoms with Crippen molar-refractivity contribution in [3.05, 3.63) is 0 Å². The van der Waals surface area contributed by atoms with E-state index in [0.717, 1.165) is 0 Å². The van der Waals surface area contributed by atoms with Crippen molar-refractivity contribution in [2.24, 2.45) is 0 Å². The molecule has 16 heavy (non-hydrogen) atoms. The molecule has 1 saturated carbocycles. The van der Waals surface area contributed by atoms with Gasteiger partial charge in [0.1, 0.15) is 0 Å². The van der Waals surface area contributed by atoms with Crippen molar-refractivity contribution >= 4 is 0 Å². The maximum absolute atomic E-state index is 12.1. The number of halogens is 3. The minimum atomic E-state index is -4.07. The number of likely N-dealkylation sites (N-methyl/N-ethyl adjacent to an activating group) is 1. The smallest absolute Gasteiger partial charge is 0.312 e. The molecule has 0 aromatic rings. The Kier molecular flexibility index (Phi) is 4.62. The van der Waals surface area contributed by atoms with Crippen LogP contribution in [0, 0.1) is 0 Å². The van der Waals surface area contributed by atoms with Crippen molar-refractivity contribution in [2.75, 3.05) is 13.6 Å². The lowest BCUT2D eigenvalue weighted by Crippen LogP contribution is -2.42. The quantitative estimate of drug-likeness (QED) is 0.764. The summed E-state index contributed by atoms with van der Waals surface area (Å²) in [7, 11) is 2.04. The number of nitrogens with one attached hydrogen (secondary N) is 1. The zero-order chi connectivity index (χ0) is 12.3. The fourth-order valence-electron chi connectivity index (χ4n) is 1.78. The number of hydrogen-bond acceptors (Lipinski definition) is 2. The molecule has 0 heterocycles. The monoisotopic (exact) mass is 238 g/mol. The van der Waals surface area contributed by atoms with E-state index in [0.29, 0.717) is 18.6 Å². The second-order valence-corrected chi connectivity index (χ2v) is 4.87. The Morgan fingerprint density at radius 2 is 1.88 bits per heavy atom. The van der Waals surface area contributed by atoms with Gasteiger partial charge in [-0.25, -0.2) is 0 Å². The molecule has 0 aliphatic heterocycles. The van der Waals surface area contributed by atoms with Gasteiger partial charge >= 0.3 is 6.18 Å². The first kappa shape index (κ1) is 13.8. The van der Waals surface area contributed by atoms with Crippen LogP contribution in [0.15, 0.2) is 0 Å². The summed E-state index contributed by atoms with van der Waals surface area (Å²) in [4.78, 5) is 2.24. The molecule has 2 nitrogen and oxygen atoms in total. The second-order valence-electron chi connectivity index (χ2n) is 4.87. The lowest BCUT2D eigenvalue weighted by atomic mass is 10.2. The summed E-state index contributed by atoms with van der Waals surface area (Å²) in [5.74, 6) is 0. The van der Waals surface area contributed by atoms with Crippen LogP contribution in [0.2, 0.25) is 0 Å². The van der Waals surface area contributed by atoms with Crippen molar-refractivity contribution < 1.29 is 13.2 Å². The normalized spacial score (nSPS) is 21.2. The van der Waals surface area contributed by atoms with Crippen LogP contribution >= 0.6 is 0 Å². The fraction of sp³-hybridized carbons (Fsp3) is 1.00. The molecule has 1 aliphatic rings. The zero-order valence-electron chi connectivity index (χ0n) is 10.1. The molecule has 0 saturated heterocycles. The first-order chi connectivity index (χ1) is 7.29. The van der Waals surface area contributed by atoms with Gasteiger partial charge in [-0.1, -0.05) is 0 Å². The summed E-state index contributed by atoms with van der Waals surface area (Å²) in [6, 6.07) is 0.438. The predicted octanol–water partition coefficient (Wildman–Crippen LogP) is 2.40. The van der Waals surface area contributed by atoms with Crippen LogP contribution in [0.25, 0.3) is 0 Å². The summed E-state index contributed by atoms with van der Waals surface area (Å²) in [6.07, 6.45) is -2.39. The Morgan fingerprint density at radius 3 is 2.31 bits per heavy atom. The van der Waals surface area contributed by atoms with Crippen LogP contribution in [0.1, 0.15) is 33.1 Å².